The highest BCUT2D eigenvalue weighted by molar-refractivity contribution is 7.26. The molecule has 2 nitrogen and oxygen atoms in total. The summed E-state index contributed by atoms with van der Waals surface area (Å²) in [4.78, 5) is 4.80. The van der Waals surface area contributed by atoms with E-state index in [9.17, 15) is 0 Å². The zero-order valence-electron chi connectivity index (χ0n) is 22.1. The molecular weight excluding hydrogens is 482 g/mol. The molecule has 0 atom stereocenters. The van der Waals surface area contributed by atoms with Gasteiger partial charge in [0.05, 0.1) is 5.69 Å². The first kappa shape index (κ1) is 23.2. The molecule has 0 bridgehead atoms. The van der Waals surface area contributed by atoms with Crippen LogP contribution in [0, 0.1) is 12.3 Å². The summed E-state index contributed by atoms with van der Waals surface area (Å²) < 4.78 is 9.16. The number of benzene rings is 4. The average Bonchev–Trinajstić information content (AvgIpc) is 3.47. The number of aromatic nitrogens is 1. The Morgan fingerprint density at radius 2 is 1.53 bits per heavy atom. The van der Waals surface area contributed by atoms with Crippen LogP contribution in [0.25, 0.3) is 64.5 Å². The van der Waals surface area contributed by atoms with Gasteiger partial charge in [-0.1, -0.05) is 75.4 Å². The first-order valence-electron chi connectivity index (χ1n) is 13.2. The summed E-state index contributed by atoms with van der Waals surface area (Å²) in [6.45, 7) is 9.01. The van der Waals surface area contributed by atoms with Crippen LogP contribution in [0.4, 0.5) is 0 Å². The molecule has 0 spiro atoms. The highest BCUT2D eigenvalue weighted by Gasteiger charge is 2.18. The number of rotatable bonds is 3. The van der Waals surface area contributed by atoms with Crippen molar-refractivity contribution in [3.05, 3.63) is 102 Å². The van der Waals surface area contributed by atoms with Crippen LogP contribution in [-0.4, -0.2) is 4.98 Å². The van der Waals surface area contributed by atoms with E-state index in [-0.39, 0.29) is 5.41 Å². The molecule has 0 radical (unpaired) electrons. The van der Waals surface area contributed by atoms with Gasteiger partial charge in [0.2, 0.25) is 0 Å². The Hall–Kier alpha value is -3.95. The first-order valence-corrected chi connectivity index (χ1v) is 14.0. The van der Waals surface area contributed by atoms with E-state index < -0.39 is 0 Å². The third-order valence-electron chi connectivity index (χ3n) is 7.42. The fourth-order valence-corrected chi connectivity index (χ4v) is 6.84. The zero-order chi connectivity index (χ0) is 26.0. The number of furan rings is 1. The summed E-state index contributed by atoms with van der Waals surface area (Å²) in [5.41, 5.74) is 9.17. The van der Waals surface area contributed by atoms with Gasteiger partial charge in [0.15, 0.2) is 0 Å². The van der Waals surface area contributed by atoms with Crippen molar-refractivity contribution in [2.45, 2.75) is 34.1 Å². The highest BCUT2D eigenvalue weighted by Crippen LogP contribution is 2.43. The van der Waals surface area contributed by atoms with E-state index in [1.165, 1.54) is 36.9 Å². The molecule has 0 N–H and O–H groups in total. The van der Waals surface area contributed by atoms with Crippen LogP contribution in [0.15, 0.2) is 95.5 Å². The Balaban J connectivity index is 1.40. The molecule has 3 aromatic heterocycles. The largest absolute Gasteiger partial charge is 0.455 e. The second-order valence-electron chi connectivity index (χ2n) is 11.5. The van der Waals surface area contributed by atoms with Gasteiger partial charge in [0.25, 0.3) is 0 Å². The van der Waals surface area contributed by atoms with Gasteiger partial charge in [-0.2, -0.15) is 0 Å². The van der Waals surface area contributed by atoms with Crippen molar-refractivity contribution in [2.24, 2.45) is 5.41 Å². The molecule has 0 unspecified atom stereocenters. The summed E-state index contributed by atoms with van der Waals surface area (Å²) in [6, 6.07) is 30.5. The van der Waals surface area contributed by atoms with Gasteiger partial charge < -0.3 is 4.42 Å². The lowest BCUT2D eigenvalue weighted by atomic mass is 9.86. The van der Waals surface area contributed by atoms with Crippen LogP contribution in [0.1, 0.15) is 31.9 Å². The molecule has 0 aliphatic carbocycles. The summed E-state index contributed by atoms with van der Waals surface area (Å²) in [5, 5.41) is 4.88. The minimum atomic E-state index is 0.224. The number of pyridine rings is 1. The molecule has 38 heavy (non-hydrogen) atoms. The lowest BCUT2D eigenvalue weighted by molar-refractivity contribution is 0.410. The molecule has 7 aromatic rings. The number of nitrogens with zero attached hydrogens (tertiary/aromatic N) is 1. The smallest absolute Gasteiger partial charge is 0.143 e. The summed E-state index contributed by atoms with van der Waals surface area (Å²) in [5.74, 6) is 0. The normalized spacial score (nSPS) is 12.3. The molecule has 7 rings (SSSR count). The third-order valence-corrected chi connectivity index (χ3v) is 8.64. The van der Waals surface area contributed by atoms with Crippen LogP contribution in [0.2, 0.25) is 0 Å². The van der Waals surface area contributed by atoms with Gasteiger partial charge in [-0.15, -0.1) is 11.3 Å². The van der Waals surface area contributed by atoms with Crippen molar-refractivity contribution in [3.8, 4) is 22.4 Å². The topological polar surface area (TPSA) is 26.0 Å². The van der Waals surface area contributed by atoms with Crippen LogP contribution in [-0.2, 0) is 6.42 Å². The molecule has 0 saturated heterocycles. The van der Waals surface area contributed by atoms with E-state index >= 15 is 0 Å². The highest BCUT2D eigenvalue weighted by atomic mass is 32.1. The van der Waals surface area contributed by atoms with Gasteiger partial charge >= 0.3 is 0 Å². The predicted molar refractivity (Wildman–Crippen MR) is 163 cm³/mol. The lowest BCUT2D eigenvalue weighted by Gasteiger charge is -2.20. The van der Waals surface area contributed by atoms with Crippen molar-refractivity contribution in [1.29, 1.82) is 0 Å². The Kier molecular flexibility index (Phi) is 5.21. The van der Waals surface area contributed by atoms with E-state index in [2.05, 4.69) is 113 Å². The number of aryl methyl sites for hydroxylation is 1. The maximum Gasteiger partial charge on any atom is 0.143 e. The average molecular weight is 512 g/mol. The maximum atomic E-state index is 6.54. The minimum Gasteiger partial charge on any atom is -0.455 e. The van der Waals surface area contributed by atoms with E-state index in [0.29, 0.717) is 0 Å². The molecule has 0 aliphatic rings. The van der Waals surface area contributed by atoms with Crippen LogP contribution < -0.4 is 0 Å². The van der Waals surface area contributed by atoms with Crippen molar-refractivity contribution in [3.63, 3.8) is 0 Å². The molecule has 0 aliphatic heterocycles. The molecule has 186 valence electrons. The standard InChI is InChI=1S/C35H29NOS/c1-21-20-36-30(18-23(21)19-35(2,3)4)22-15-16-31-29(17-22)26-11-7-10-25(33(26)37-31)28-13-8-12-27-24-9-5-6-14-32(24)38-34(27)28/h5-18,20H,19H2,1-4H3. The fourth-order valence-electron chi connectivity index (χ4n) is 5.61. The van der Waals surface area contributed by atoms with Gasteiger partial charge in [-0.25, -0.2) is 0 Å². The Bertz CT molecular complexity index is 2000. The van der Waals surface area contributed by atoms with E-state index in [1.54, 1.807) is 0 Å². The molecular formula is C35H29NOS. The summed E-state index contributed by atoms with van der Waals surface area (Å²) >= 11 is 1.85. The maximum absolute atomic E-state index is 6.54. The predicted octanol–water partition coefficient (Wildman–Crippen LogP) is 10.6. The van der Waals surface area contributed by atoms with E-state index in [4.69, 9.17) is 9.40 Å². The minimum absolute atomic E-state index is 0.224. The second kappa shape index (κ2) is 8.54. The quantitative estimate of drug-likeness (QED) is 0.236. The Morgan fingerprint density at radius 1 is 0.763 bits per heavy atom. The number of para-hydroxylation sites is 1. The first-order chi connectivity index (χ1) is 18.4. The summed E-state index contributed by atoms with van der Waals surface area (Å²) in [7, 11) is 0. The Labute approximate surface area is 226 Å². The van der Waals surface area contributed by atoms with E-state index in [1.807, 2.05) is 17.5 Å². The molecule has 0 amide bonds. The molecule has 3 heteroatoms. The SMILES string of the molecule is Cc1cnc(-c2ccc3oc4c(-c5cccc6c5sc5ccccc56)cccc4c3c2)cc1CC(C)(C)C. The number of hydrogen-bond donors (Lipinski definition) is 0. The van der Waals surface area contributed by atoms with E-state index in [0.717, 1.165) is 45.2 Å². The monoisotopic (exact) mass is 511 g/mol. The Morgan fingerprint density at radius 3 is 2.37 bits per heavy atom. The van der Waals surface area contributed by atoms with Crippen LogP contribution >= 0.6 is 11.3 Å². The molecule has 0 saturated carbocycles. The molecule has 3 heterocycles. The van der Waals surface area contributed by atoms with Gasteiger partial charge in [0, 0.05) is 53.8 Å². The van der Waals surface area contributed by atoms with Gasteiger partial charge in [-0.05, 0) is 60.2 Å². The van der Waals surface area contributed by atoms with Crippen LogP contribution in [0.3, 0.4) is 0 Å². The summed E-state index contributed by atoms with van der Waals surface area (Å²) in [6.07, 6.45) is 3.04. The lowest BCUT2D eigenvalue weighted by Crippen LogP contribution is -2.10. The van der Waals surface area contributed by atoms with Crippen molar-refractivity contribution >= 4 is 53.4 Å². The fraction of sp³-hybridized carbons (Fsp3) is 0.171. The third kappa shape index (κ3) is 3.81. The molecule has 0 fully saturated rings. The number of fused-ring (bicyclic) bond motifs is 6. The molecule has 4 aromatic carbocycles. The van der Waals surface area contributed by atoms with Gasteiger partial charge in [-0.3, -0.25) is 4.98 Å². The van der Waals surface area contributed by atoms with Crippen molar-refractivity contribution < 1.29 is 4.42 Å². The number of thiophene rings is 1. The van der Waals surface area contributed by atoms with Crippen LogP contribution in [0.5, 0.6) is 0 Å². The number of hydrogen-bond acceptors (Lipinski definition) is 3. The van der Waals surface area contributed by atoms with Crippen molar-refractivity contribution in [2.75, 3.05) is 0 Å². The van der Waals surface area contributed by atoms with Gasteiger partial charge in [0.1, 0.15) is 11.2 Å². The second-order valence-corrected chi connectivity index (χ2v) is 12.6. The van der Waals surface area contributed by atoms with Crippen molar-refractivity contribution in [1.82, 2.24) is 4.98 Å². The zero-order valence-corrected chi connectivity index (χ0v) is 22.9.